The first-order valence-corrected chi connectivity index (χ1v) is 7.31. The summed E-state index contributed by atoms with van der Waals surface area (Å²) in [5.74, 6) is 0.826. The van der Waals surface area contributed by atoms with Gasteiger partial charge in [-0.05, 0) is 44.6 Å². The van der Waals surface area contributed by atoms with Crippen LogP contribution in [0.2, 0.25) is 0 Å². The van der Waals surface area contributed by atoms with Crippen LogP contribution in [-0.4, -0.2) is 50.2 Å². The largest absolute Gasteiger partial charge is 0.381 e. The molecule has 0 bridgehead atoms. The summed E-state index contributed by atoms with van der Waals surface area (Å²) in [6.45, 7) is 3.69. The van der Waals surface area contributed by atoms with Gasteiger partial charge >= 0.3 is 0 Å². The van der Waals surface area contributed by atoms with Gasteiger partial charge in [0.15, 0.2) is 0 Å². The lowest BCUT2D eigenvalue weighted by atomic mass is 10.0. The quantitative estimate of drug-likeness (QED) is 0.840. The number of hydrogen-bond acceptors (Lipinski definition) is 3. The standard InChI is InChI=1S/C14H26N2O2.ClH/c1-16(10-12-4-3-9-18-11-12)14(17)7-6-13-5-2-8-15-13;/h12-13,15H,2-11H2,1H3;1H. The predicted molar refractivity (Wildman–Crippen MR) is 78.7 cm³/mol. The zero-order valence-electron chi connectivity index (χ0n) is 11.9. The van der Waals surface area contributed by atoms with Gasteiger partial charge in [0, 0.05) is 32.7 Å². The first kappa shape index (κ1) is 16.7. The van der Waals surface area contributed by atoms with Gasteiger partial charge in [0.1, 0.15) is 0 Å². The second-order valence-electron chi connectivity index (χ2n) is 5.69. The van der Waals surface area contributed by atoms with Gasteiger partial charge in [-0.2, -0.15) is 0 Å². The lowest BCUT2D eigenvalue weighted by Gasteiger charge is -2.27. The average molecular weight is 291 g/mol. The highest BCUT2D eigenvalue weighted by Gasteiger charge is 2.20. The highest BCUT2D eigenvalue weighted by molar-refractivity contribution is 5.85. The van der Waals surface area contributed by atoms with Crippen LogP contribution in [0.15, 0.2) is 0 Å². The maximum atomic E-state index is 12.0. The fourth-order valence-electron chi connectivity index (χ4n) is 2.93. The maximum absolute atomic E-state index is 12.0. The molecule has 0 saturated carbocycles. The molecule has 2 heterocycles. The van der Waals surface area contributed by atoms with Gasteiger partial charge in [-0.15, -0.1) is 12.4 Å². The van der Waals surface area contributed by atoms with Crippen molar-refractivity contribution in [3.63, 3.8) is 0 Å². The molecular weight excluding hydrogens is 264 g/mol. The van der Waals surface area contributed by atoms with Crippen LogP contribution in [0.3, 0.4) is 0 Å². The zero-order chi connectivity index (χ0) is 12.8. The third-order valence-electron chi connectivity index (χ3n) is 4.08. The minimum atomic E-state index is 0. The van der Waals surface area contributed by atoms with Crippen LogP contribution < -0.4 is 5.32 Å². The van der Waals surface area contributed by atoms with Gasteiger partial charge in [-0.25, -0.2) is 0 Å². The molecule has 0 aromatic rings. The van der Waals surface area contributed by atoms with Crippen molar-refractivity contribution in [3.8, 4) is 0 Å². The Labute approximate surface area is 122 Å². The van der Waals surface area contributed by atoms with Gasteiger partial charge in [-0.1, -0.05) is 0 Å². The van der Waals surface area contributed by atoms with Crippen LogP contribution in [0.1, 0.15) is 38.5 Å². The molecule has 4 nitrogen and oxygen atoms in total. The minimum Gasteiger partial charge on any atom is -0.381 e. The van der Waals surface area contributed by atoms with E-state index in [1.54, 1.807) is 0 Å². The predicted octanol–water partition coefficient (Wildman–Crippen LogP) is 1.83. The molecule has 2 aliphatic heterocycles. The van der Waals surface area contributed by atoms with E-state index in [0.29, 0.717) is 18.4 Å². The number of rotatable bonds is 5. The molecule has 0 radical (unpaired) electrons. The van der Waals surface area contributed by atoms with Crippen LogP contribution in [0.25, 0.3) is 0 Å². The van der Waals surface area contributed by atoms with Crippen LogP contribution in [0.5, 0.6) is 0 Å². The van der Waals surface area contributed by atoms with Crippen molar-refractivity contribution in [3.05, 3.63) is 0 Å². The van der Waals surface area contributed by atoms with Crippen molar-refractivity contribution in [1.29, 1.82) is 0 Å². The molecular formula is C14H27ClN2O2. The number of ether oxygens (including phenoxy) is 1. The van der Waals surface area contributed by atoms with Crippen LogP contribution >= 0.6 is 12.4 Å². The van der Waals surface area contributed by atoms with Crippen molar-refractivity contribution in [2.75, 3.05) is 33.4 Å². The first-order valence-electron chi connectivity index (χ1n) is 7.31. The molecule has 19 heavy (non-hydrogen) atoms. The van der Waals surface area contributed by atoms with E-state index in [1.165, 1.54) is 19.3 Å². The molecule has 2 fully saturated rings. The second-order valence-corrected chi connectivity index (χ2v) is 5.69. The Morgan fingerprint density at radius 1 is 1.37 bits per heavy atom. The summed E-state index contributed by atoms with van der Waals surface area (Å²) in [5, 5.41) is 3.44. The van der Waals surface area contributed by atoms with Crippen molar-refractivity contribution < 1.29 is 9.53 Å². The summed E-state index contributed by atoms with van der Waals surface area (Å²) in [6, 6.07) is 0.570. The third kappa shape index (κ3) is 5.67. The molecule has 5 heteroatoms. The second kappa shape index (κ2) is 8.77. The van der Waals surface area contributed by atoms with Crippen molar-refractivity contribution in [2.45, 2.75) is 44.6 Å². The SMILES string of the molecule is CN(CC1CCCOC1)C(=O)CCC1CCCN1.Cl. The number of carbonyl (C=O) groups is 1. The van der Waals surface area contributed by atoms with E-state index in [4.69, 9.17) is 4.74 Å². The Balaban J connectivity index is 0.00000180. The van der Waals surface area contributed by atoms with Crippen molar-refractivity contribution in [2.24, 2.45) is 5.92 Å². The molecule has 0 aromatic heterocycles. The summed E-state index contributed by atoms with van der Waals surface area (Å²) in [4.78, 5) is 13.9. The van der Waals surface area contributed by atoms with E-state index in [9.17, 15) is 4.79 Å². The molecule has 2 aliphatic rings. The highest BCUT2D eigenvalue weighted by atomic mass is 35.5. The monoisotopic (exact) mass is 290 g/mol. The molecule has 2 saturated heterocycles. The van der Waals surface area contributed by atoms with Crippen LogP contribution in [0.4, 0.5) is 0 Å². The summed E-state index contributed by atoms with van der Waals surface area (Å²) in [5.41, 5.74) is 0. The van der Waals surface area contributed by atoms with Gasteiger partial charge in [0.25, 0.3) is 0 Å². The summed E-state index contributed by atoms with van der Waals surface area (Å²) < 4.78 is 5.46. The van der Waals surface area contributed by atoms with E-state index in [0.717, 1.165) is 39.1 Å². The molecule has 1 N–H and O–H groups in total. The number of amides is 1. The molecule has 0 aliphatic carbocycles. The summed E-state index contributed by atoms with van der Waals surface area (Å²) >= 11 is 0. The van der Waals surface area contributed by atoms with Gasteiger partial charge in [0.05, 0.1) is 6.61 Å². The Bertz CT molecular complexity index is 264. The fourth-order valence-corrected chi connectivity index (χ4v) is 2.93. The zero-order valence-corrected chi connectivity index (χ0v) is 12.7. The Morgan fingerprint density at radius 2 is 2.21 bits per heavy atom. The Hall–Kier alpha value is -0.320. The van der Waals surface area contributed by atoms with Gasteiger partial charge < -0.3 is 15.0 Å². The first-order chi connectivity index (χ1) is 8.75. The molecule has 0 aromatic carbocycles. The number of halogens is 1. The summed E-state index contributed by atoms with van der Waals surface area (Å²) in [6.07, 6.45) is 6.49. The molecule has 0 spiro atoms. The minimum absolute atomic E-state index is 0. The molecule has 2 rings (SSSR count). The topological polar surface area (TPSA) is 41.6 Å². The van der Waals surface area contributed by atoms with E-state index >= 15 is 0 Å². The smallest absolute Gasteiger partial charge is 0.222 e. The Morgan fingerprint density at radius 3 is 2.84 bits per heavy atom. The lowest BCUT2D eigenvalue weighted by Crippen LogP contribution is -2.35. The number of nitrogens with one attached hydrogen (secondary N) is 1. The molecule has 2 unspecified atom stereocenters. The fraction of sp³-hybridized carbons (Fsp3) is 0.929. The van der Waals surface area contributed by atoms with Crippen LogP contribution in [0, 0.1) is 5.92 Å². The number of nitrogens with zero attached hydrogens (tertiary/aromatic N) is 1. The third-order valence-corrected chi connectivity index (χ3v) is 4.08. The number of hydrogen-bond donors (Lipinski definition) is 1. The lowest BCUT2D eigenvalue weighted by molar-refractivity contribution is -0.131. The highest BCUT2D eigenvalue weighted by Crippen LogP contribution is 2.16. The maximum Gasteiger partial charge on any atom is 0.222 e. The van der Waals surface area contributed by atoms with Crippen LogP contribution in [-0.2, 0) is 9.53 Å². The molecule has 112 valence electrons. The molecule has 2 atom stereocenters. The van der Waals surface area contributed by atoms with Crippen molar-refractivity contribution in [1.82, 2.24) is 10.2 Å². The number of carbonyl (C=O) groups excluding carboxylic acids is 1. The van der Waals surface area contributed by atoms with Gasteiger partial charge in [-0.3, -0.25) is 4.79 Å². The average Bonchev–Trinajstić information content (AvgIpc) is 2.90. The van der Waals surface area contributed by atoms with E-state index in [2.05, 4.69) is 5.32 Å². The van der Waals surface area contributed by atoms with E-state index in [-0.39, 0.29) is 18.3 Å². The van der Waals surface area contributed by atoms with E-state index < -0.39 is 0 Å². The Kier molecular flexibility index (Phi) is 7.73. The van der Waals surface area contributed by atoms with Crippen molar-refractivity contribution >= 4 is 18.3 Å². The normalized spacial score (nSPS) is 26.8. The van der Waals surface area contributed by atoms with E-state index in [1.807, 2.05) is 11.9 Å². The van der Waals surface area contributed by atoms with Gasteiger partial charge in [0.2, 0.25) is 5.91 Å². The molecule has 1 amide bonds. The summed E-state index contributed by atoms with van der Waals surface area (Å²) in [7, 11) is 1.93.